The first-order chi connectivity index (χ1) is 19.1. The van der Waals surface area contributed by atoms with Gasteiger partial charge in [0.1, 0.15) is 5.75 Å². The number of aryl methyl sites for hydroxylation is 1. The van der Waals surface area contributed by atoms with Gasteiger partial charge in [-0.25, -0.2) is 4.98 Å². The lowest BCUT2D eigenvalue weighted by Gasteiger charge is -2.28. The Hall–Kier alpha value is -3.45. The average Bonchev–Trinajstić information content (AvgIpc) is 3.65. The second-order valence-electron chi connectivity index (χ2n) is 10.8. The number of anilines is 2. The lowest BCUT2D eigenvalue weighted by atomic mass is 9.94. The first kappa shape index (κ1) is 27.1. The van der Waals surface area contributed by atoms with E-state index in [2.05, 4.69) is 65.1 Å². The molecule has 0 bridgehead atoms. The third-order valence-electron chi connectivity index (χ3n) is 8.07. The van der Waals surface area contributed by atoms with Crippen molar-refractivity contribution in [2.24, 2.45) is 13.0 Å². The Kier molecular flexibility index (Phi) is 8.77. The summed E-state index contributed by atoms with van der Waals surface area (Å²) in [6, 6.07) is 13.2. The van der Waals surface area contributed by atoms with Crippen LogP contribution in [0.4, 0.5) is 11.4 Å². The maximum absolute atomic E-state index is 5.79. The molecule has 4 aromatic rings. The molecule has 2 aromatic heterocycles. The first-order valence-corrected chi connectivity index (χ1v) is 14.5. The van der Waals surface area contributed by atoms with Gasteiger partial charge < -0.3 is 14.5 Å². The Morgan fingerprint density at radius 3 is 2.51 bits per heavy atom. The minimum Gasteiger partial charge on any atom is -0.497 e. The summed E-state index contributed by atoms with van der Waals surface area (Å²) in [6.07, 6.45) is 12.8. The van der Waals surface area contributed by atoms with Crippen LogP contribution in [0.3, 0.4) is 0 Å². The minimum atomic E-state index is 0.676. The molecule has 0 saturated carbocycles. The van der Waals surface area contributed by atoms with Crippen molar-refractivity contribution in [2.75, 3.05) is 38.2 Å². The van der Waals surface area contributed by atoms with Crippen molar-refractivity contribution in [3.05, 3.63) is 60.6 Å². The van der Waals surface area contributed by atoms with E-state index >= 15 is 0 Å². The highest BCUT2D eigenvalue weighted by Gasteiger charge is 2.17. The fourth-order valence-corrected chi connectivity index (χ4v) is 5.67. The van der Waals surface area contributed by atoms with E-state index < -0.39 is 0 Å². The standard InChI is InChI=1S/C32H42N6O/c1-5-24(6-2)16-25-17-28(19-29(18-25)39-4)38(15-9-14-37-12-7-8-13-37)27-10-11-30-31(20-27)35-32(22-33-30)26-21-34-36(3)23-26/h10-11,17-24H,5-9,12-16H2,1-4H3. The molecule has 1 saturated heterocycles. The maximum Gasteiger partial charge on any atom is 0.121 e. The molecular formula is C32H42N6O. The second kappa shape index (κ2) is 12.6. The highest BCUT2D eigenvalue weighted by atomic mass is 16.5. The van der Waals surface area contributed by atoms with Gasteiger partial charge in [-0.2, -0.15) is 5.10 Å². The Bertz CT molecular complexity index is 1370. The SMILES string of the molecule is CCC(CC)Cc1cc(OC)cc(N(CCCN2CCCC2)c2ccc3ncc(-c4cnn(C)c4)nc3c2)c1. The molecule has 0 N–H and O–H groups in total. The Balaban J connectivity index is 1.50. The monoisotopic (exact) mass is 526 g/mol. The van der Waals surface area contributed by atoms with E-state index in [0.29, 0.717) is 5.92 Å². The van der Waals surface area contributed by atoms with Crippen LogP contribution in [-0.4, -0.2) is 57.9 Å². The van der Waals surface area contributed by atoms with Crippen molar-refractivity contribution in [3.63, 3.8) is 0 Å². The summed E-state index contributed by atoms with van der Waals surface area (Å²) in [5, 5.41) is 4.31. The predicted octanol–water partition coefficient (Wildman–Crippen LogP) is 6.64. The quantitative estimate of drug-likeness (QED) is 0.206. The summed E-state index contributed by atoms with van der Waals surface area (Å²) >= 11 is 0. The van der Waals surface area contributed by atoms with Crippen LogP contribution in [0.25, 0.3) is 22.3 Å². The van der Waals surface area contributed by atoms with E-state index in [1.165, 1.54) is 50.0 Å². The summed E-state index contributed by atoms with van der Waals surface area (Å²) in [6.45, 7) is 9.07. The van der Waals surface area contributed by atoms with Crippen LogP contribution in [0.1, 0.15) is 51.5 Å². The van der Waals surface area contributed by atoms with Crippen LogP contribution >= 0.6 is 0 Å². The van der Waals surface area contributed by atoms with Gasteiger partial charge in [-0.05, 0) is 87.1 Å². The van der Waals surface area contributed by atoms with E-state index in [1.54, 1.807) is 11.8 Å². The molecule has 1 fully saturated rings. The molecule has 1 aliphatic rings. The Labute approximate surface area is 232 Å². The van der Waals surface area contributed by atoms with Crippen molar-refractivity contribution < 1.29 is 4.74 Å². The van der Waals surface area contributed by atoms with Gasteiger partial charge in [0.25, 0.3) is 0 Å². The number of rotatable bonds is 12. The molecule has 3 heterocycles. The number of ether oxygens (including phenoxy) is 1. The number of fused-ring (bicyclic) bond motifs is 1. The highest BCUT2D eigenvalue weighted by molar-refractivity contribution is 5.82. The Morgan fingerprint density at radius 2 is 1.79 bits per heavy atom. The number of methoxy groups -OCH3 is 1. The number of hydrogen-bond acceptors (Lipinski definition) is 6. The van der Waals surface area contributed by atoms with Gasteiger partial charge in [-0.3, -0.25) is 9.67 Å². The smallest absolute Gasteiger partial charge is 0.121 e. The molecule has 39 heavy (non-hydrogen) atoms. The zero-order chi connectivity index (χ0) is 27.2. The molecule has 206 valence electrons. The van der Waals surface area contributed by atoms with Crippen LogP contribution < -0.4 is 9.64 Å². The van der Waals surface area contributed by atoms with Crippen LogP contribution in [0.15, 0.2) is 55.0 Å². The van der Waals surface area contributed by atoms with Crippen molar-refractivity contribution in [1.82, 2.24) is 24.6 Å². The fraction of sp³-hybridized carbons (Fsp3) is 0.469. The largest absolute Gasteiger partial charge is 0.497 e. The van der Waals surface area contributed by atoms with Crippen LogP contribution in [-0.2, 0) is 13.5 Å². The summed E-state index contributed by atoms with van der Waals surface area (Å²) < 4.78 is 7.58. The molecule has 1 aliphatic heterocycles. The topological polar surface area (TPSA) is 59.3 Å². The van der Waals surface area contributed by atoms with Gasteiger partial charge in [0.15, 0.2) is 0 Å². The first-order valence-electron chi connectivity index (χ1n) is 14.5. The lowest BCUT2D eigenvalue weighted by Crippen LogP contribution is -2.26. The maximum atomic E-state index is 5.79. The van der Waals surface area contributed by atoms with E-state index in [9.17, 15) is 0 Å². The van der Waals surface area contributed by atoms with Gasteiger partial charge in [-0.15, -0.1) is 0 Å². The minimum absolute atomic E-state index is 0.676. The molecule has 0 spiro atoms. The van der Waals surface area contributed by atoms with Gasteiger partial charge in [-0.1, -0.05) is 26.7 Å². The normalized spacial score (nSPS) is 14.0. The lowest BCUT2D eigenvalue weighted by molar-refractivity contribution is 0.336. The second-order valence-corrected chi connectivity index (χ2v) is 10.8. The molecule has 7 heteroatoms. The number of hydrogen-bond donors (Lipinski definition) is 0. The van der Waals surface area contributed by atoms with Crippen molar-refractivity contribution >= 4 is 22.4 Å². The highest BCUT2D eigenvalue weighted by Crippen LogP contribution is 2.33. The fourth-order valence-electron chi connectivity index (χ4n) is 5.67. The molecule has 0 aliphatic carbocycles. The molecule has 7 nitrogen and oxygen atoms in total. The average molecular weight is 527 g/mol. The van der Waals surface area contributed by atoms with E-state index in [1.807, 2.05) is 25.6 Å². The molecule has 0 radical (unpaired) electrons. The third-order valence-corrected chi connectivity index (χ3v) is 8.07. The molecule has 2 aromatic carbocycles. The molecular weight excluding hydrogens is 484 g/mol. The zero-order valence-corrected chi connectivity index (χ0v) is 23.9. The summed E-state index contributed by atoms with van der Waals surface area (Å²) in [5.41, 5.74) is 7.22. The number of aromatic nitrogens is 4. The van der Waals surface area contributed by atoms with Crippen LogP contribution in [0.2, 0.25) is 0 Å². The van der Waals surface area contributed by atoms with E-state index in [0.717, 1.165) is 59.7 Å². The predicted molar refractivity (Wildman–Crippen MR) is 160 cm³/mol. The Morgan fingerprint density at radius 1 is 0.974 bits per heavy atom. The van der Waals surface area contributed by atoms with Gasteiger partial charge in [0.05, 0.1) is 36.2 Å². The summed E-state index contributed by atoms with van der Waals surface area (Å²) in [7, 11) is 3.69. The van der Waals surface area contributed by atoms with E-state index in [4.69, 9.17) is 14.7 Å². The van der Waals surface area contributed by atoms with Crippen LogP contribution in [0.5, 0.6) is 5.75 Å². The molecule has 5 rings (SSSR count). The van der Waals surface area contributed by atoms with Gasteiger partial charge in [0, 0.05) is 42.8 Å². The van der Waals surface area contributed by atoms with E-state index in [-0.39, 0.29) is 0 Å². The number of nitrogens with zero attached hydrogens (tertiary/aromatic N) is 6. The number of benzene rings is 2. The molecule has 0 amide bonds. The summed E-state index contributed by atoms with van der Waals surface area (Å²) in [4.78, 5) is 14.7. The number of likely N-dealkylation sites (tertiary alicyclic amines) is 1. The molecule has 0 unspecified atom stereocenters. The molecule has 0 atom stereocenters. The van der Waals surface area contributed by atoms with Crippen molar-refractivity contribution in [1.29, 1.82) is 0 Å². The summed E-state index contributed by atoms with van der Waals surface area (Å²) in [5.74, 6) is 1.59. The van der Waals surface area contributed by atoms with Crippen molar-refractivity contribution in [2.45, 2.75) is 52.4 Å². The van der Waals surface area contributed by atoms with Crippen molar-refractivity contribution in [3.8, 4) is 17.0 Å². The van der Waals surface area contributed by atoms with Crippen LogP contribution in [0, 0.1) is 5.92 Å². The van der Waals surface area contributed by atoms with Gasteiger partial charge >= 0.3 is 0 Å². The third kappa shape index (κ3) is 6.59. The zero-order valence-electron chi connectivity index (χ0n) is 23.9. The van der Waals surface area contributed by atoms with Gasteiger partial charge in [0.2, 0.25) is 0 Å².